The Balaban J connectivity index is 1.90. The second-order valence-electron chi connectivity index (χ2n) is 4.92. The van der Waals surface area contributed by atoms with Crippen molar-refractivity contribution in [2.24, 2.45) is 0 Å². The van der Waals surface area contributed by atoms with Gasteiger partial charge in [-0.25, -0.2) is 0 Å². The molecule has 3 nitrogen and oxygen atoms in total. The molecular weight excluding hydrogens is 212 g/mol. The maximum atomic E-state index is 5.91. The molecular formula is C14H18N2O. The van der Waals surface area contributed by atoms with Crippen molar-refractivity contribution in [2.75, 3.05) is 38.1 Å². The Hall–Kier alpha value is -1.48. The van der Waals surface area contributed by atoms with Crippen LogP contribution in [0.1, 0.15) is 5.56 Å². The third-order valence-corrected chi connectivity index (χ3v) is 3.47. The largest absolute Gasteiger partial charge is 0.441 e. The summed E-state index contributed by atoms with van der Waals surface area (Å²) in [4.78, 5) is 4.68. The lowest BCUT2D eigenvalue weighted by Crippen LogP contribution is -2.44. The van der Waals surface area contributed by atoms with Crippen LogP contribution < -0.4 is 4.90 Å². The smallest absolute Gasteiger partial charge is 0.196 e. The molecule has 2 aromatic rings. The van der Waals surface area contributed by atoms with E-state index in [0.29, 0.717) is 0 Å². The van der Waals surface area contributed by atoms with Gasteiger partial charge >= 0.3 is 0 Å². The van der Waals surface area contributed by atoms with Crippen molar-refractivity contribution < 1.29 is 4.42 Å². The third kappa shape index (κ3) is 2.03. The number of hydrogen-bond acceptors (Lipinski definition) is 3. The van der Waals surface area contributed by atoms with Gasteiger partial charge in [-0.2, -0.15) is 0 Å². The van der Waals surface area contributed by atoms with Crippen molar-refractivity contribution in [1.29, 1.82) is 0 Å². The first-order valence-electron chi connectivity index (χ1n) is 6.16. The van der Waals surface area contributed by atoms with Gasteiger partial charge in [0.25, 0.3) is 0 Å². The van der Waals surface area contributed by atoms with E-state index in [0.717, 1.165) is 37.6 Å². The Bertz CT molecular complexity index is 524. The first-order valence-corrected chi connectivity index (χ1v) is 6.16. The van der Waals surface area contributed by atoms with Crippen LogP contribution in [-0.4, -0.2) is 38.1 Å². The van der Waals surface area contributed by atoms with Gasteiger partial charge in [0, 0.05) is 37.6 Å². The van der Waals surface area contributed by atoms with Crippen molar-refractivity contribution in [3.63, 3.8) is 0 Å². The number of hydrogen-bond donors (Lipinski definition) is 0. The monoisotopic (exact) mass is 230 g/mol. The lowest BCUT2D eigenvalue weighted by atomic mass is 10.2. The maximum absolute atomic E-state index is 5.91. The minimum atomic E-state index is 0.990. The molecule has 0 saturated carbocycles. The maximum Gasteiger partial charge on any atom is 0.196 e. The summed E-state index contributed by atoms with van der Waals surface area (Å²) >= 11 is 0. The van der Waals surface area contributed by atoms with Gasteiger partial charge in [0.2, 0.25) is 0 Å². The molecule has 0 aliphatic carbocycles. The van der Waals surface area contributed by atoms with Gasteiger partial charge in [0.15, 0.2) is 5.88 Å². The van der Waals surface area contributed by atoms with Crippen molar-refractivity contribution in [3.05, 3.63) is 29.8 Å². The molecule has 1 aliphatic rings. The van der Waals surface area contributed by atoms with Gasteiger partial charge in [-0.1, -0.05) is 11.6 Å². The summed E-state index contributed by atoms with van der Waals surface area (Å²) in [6.07, 6.45) is 0. The second kappa shape index (κ2) is 4.08. The van der Waals surface area contributed by atoms with E-state index >= 15 is 0 Å². The molecule has 1 aliphatic heterocycles. The van der Waals surface area contributed by atoms with Crippen LogP contribution in [0.5, 0.6) is 0 Å². The highest BCUT2D eigenvalue weighted by molar-refractivity contribution is 5.81. The number of benzene rings is 1. The van der Waals surface area contributed by atoms with E-state index in [1.165, 1.54) is 10.9 Å². The Morgan fingerprint density at radius 1 is 1.06 bits per heavy atom. The van der Waals surface area contributed by atoms with E-state index in [-0.39, 0.29) is 0 Å². The normalized spacial score (nSPS) is 17.9. The number of likely N-dealkylation sites (N-methyl/N-ethyl adjacent to an activating group) is 1. The first kappa shape index (κ1) is 10.7. The second-order valence-corrected chi connectivity index (χ2v) is 4.92. The topological polar surface area (TPSA) is 19.6 Å². The van der Waals surface area contributed by atoms with E-state index < -0.39 is 0 Å². The molecule has 0 amide bonds. The summed E-state index contributed by atoms with van der Waals surface area (Å²) in [5, 5.41) is 1.21. The highest BCUT2D eigenvalue weighted by Gasteiger charge is 2.17. The lowest BCUT2D eigenvalue weighted by Gasteiger charge is -2.32. The Morgan fingerprint density at radius 3 is 2.59 bits per heavy atom. The van der Waals surface area contributed by atoms with E-state index in [1.807, 2.05) is 0 Å². The molecule has 3 rings (SSSR count). The molecule has 0 spiro atoms. The Kier molecular flexibility index (Phi) is 2.56. The third-order valence-electron chi connectivity index (χ3n) is 3.47. The lowest BCUT2D eigenvalue weighted by molar-refractivity contribution is 0.307. The van der Waals surface area contributed by atoms with Crippen molar-refractivity contribution >= 4 is 16.9 Å². The molecule has 0 atom stereocenters. The van der Waals surface area contributed by atoms with E-state index in [1.54, 1.807) is 0 Å². The number of aryl methyl sites for hydroxylation is 1. The van der Waals surface area contributed by atoms with Gasteiger partial charge < -0.3 is 14.2 Å². The number of furan rings is 1. The zero-order valence-corrected chi connectivity index (χ0v) is 10.4. The Morgan fingerprint density at radius 2 is 1.82 bits per heavy atom. The van der Waals surface area contributed by atoms with Crippen LogP contribution >= 0.6 is 0 Å². The molecule has 0 N–H and O–H groups in total. The van der Waals surface area contributed by atoms with Gasteiger partial charge in [-0.05, 0) is 26.1 Å². The quantitative estimate of drug-likeness (QED) is 0.750. The molecule has 1 aromatic carbocycles. The van der Waals surface area contributed by atoms with Crippen LogP contribution in [0.2, 0.25) is 0 Å². The van der Waals surface area contributed by atoms with Crippen LogP contribution in [0.25, 0.3) is 11.0 Å². The standard InChI is InChI=1S/C14H18N2O/c1-11-3-4-13-12(9-11)10-14(17-13)16-7-5-15(2)6-8-16/h3-4,9-10H,5-8H2,1-2H3. The Labute approximate surface area is 102 Å². The fraction of sp³-hybridized carbons (Fsp3) is 0.429. The first-order chi connectivity index (χ1) is 8.22. The summed E-state index contributed by atoms with van der Waals surface area (Å²) in [7, 11) is 2.17. The summed E-state index contributed by atoms with van der Waals surface area (Å²) in [6.45, 7) is 6.43. The zero-order valence-electron chi connectivity index (χ0n) is 10.4. The van der Waals surface area contributed by atoms with E-state index in [9.17, 15) is 0 Å². The molecule has 90 valence electrons. The van der Waals surface area contributed by atoms with Crippen LogP contribution in [0.15, 0.2) is 28.7 Å². The summed E-state index contributed by atoms with van der Waals surface area (Å²) in [6, 6.07) is 8.50. The summed E-state index contributed by atoms with van der Waals surface area (Å²) < 4.78 is 5.91. The summed E-state index contributed by atoms with van der Waals surface area (Å²) in [5.41, 5.74) is 2.27. The average Bonchev–Trinajstić information content (AvgIpc) is 2.72. The molecule has 0 bridgehead atoms. The van der Waals surface area contributed by atoms with E-state index in [4.69, 9.17) is 4.42 Å². The fourth-order valence-corrected chi connectivity index (χ4v) is 2.33. The number of nitrogens with zero attached hydrogens (tertiary/aromatic N) is 2. The van der Waals surface area contributed by atoms with Crippen molar-refractivity contribution in [3.8, 4) is 0 Å². The number of anilines is 1. The number of fused-ring (bicyclic) bond motifs is 1. The van der Waals surface area contributed by atoms with Gasteiger partial charge in [-0.15, -0.1) is 0 Å². The van der Waals surface area contributed by atoms with Crippen molar-refractivity contribution in [2.45, 2.75) is 6.92 Å². The molecule has 1 fully saturated rings. The summed E-state index contributed by atoms with van der Waals surface area (Å²) in [5.74, 6) is 1.01. The fourth-order valence-electron chi connectivity index (χ4n) is 2.33. The highest BCUT2D eigenvalue weighted by atomic mass is 16.4. The average molecular weight is 230 g/mol. The van der Waals surface area contributed by atoms with E-state index in [2.05, 4.69) is 48.0 Å². The minimum absolute atomic E-state index is 0.990. The van der Waals surface area contributed by atoms with Gasteiger partial charge in [0.05, 0.1) is 0 Å². The molecule has 1 aromatic heterocycles. The predicted molar refractivity (Wildman–Crippen MR) is 70.7 cm³/mol. The van der Waals surface area contributed by atoms with Crippen molar-refractivity contribution in [1.82, 2.24) is 4.90 Å². The predicted octanol–water partition coefficient (Wildman–Crippen LogP) is 2.49. The highest BCUT2D eigenvalue weighted by Crippen LogP contribution is 2.27. The van der Waals surface area contributed by atoms with Gasteiger partial charge in [-0.3, -0.25) is 0 Å². The molecule has 0 unspecified atom stereocenters. The molecule has 17 heavy (non-hydrogen) atoms. The zero-order chi connectivity index (χ0) is 11.8. The van der Waals surface area contributed by atoms with Gasteiger partial charge in [0.1, 0.15) is 5.58 Å². The number of piperazine rings is 1. The number of rotatable bonds is 1. The van der Waals surface area contributed by atoms with Crippen LogP contribution in [-0.2, 0) is 0 Å². The molecule has 1 saturated heterocycles. The SMILES string of the molecule is Cc1ccc2oc(N3CCN(C)CC3)cc2c1. The molecule has 0 radical (unpaired) electrons. The van der Waals surface area contributed by atoms with Crippen LogP contribution in [0, 0.1) is 6.92 Å². The molecule has 2 heterocycles. The minimum Gasteiger partial charge on any atom is -0.441 e. The van der Waals surface area contributed by atoms with Crippen LogP contribution in [0.4, 0.5) is 5.88 Å². The van der Waals surface area contributed by atoms with Crippen LogP contribution in [0.3, 0.4) is 0 Å². The molecule has 3 heteroatoms.